The number of hydrogen-bond acceptors (Lipinski definition) is 4. The molecule has 0 atom stereocenters. The first-order valence-corrected chi connectivity index (χ1v) is 2.91. The van der Waals surface area contributed by atoms with Gasteiger partial charge in [0.25, 0.3) is 0 Å². The van der Waals surface area contributed by atoms with Crippen LogP contribution in [0.25, 0.3) is 0 Å². The van der Waals surface area contributed by atoms with Gasteiger partial charge in [0.1, 0.15) is 6.61 Å². The lowest BCUT2D eigenvalue weighted by Crippen LogP contribution is -2.04. The summed E-state index contributed by atoms with van der Waals surface area (Å²) in [5.74, 6) is -0.468. The predicted molar refractivity (Wildman–Crippen MR) is 33.6 cm³/mol. The van der Waals surface area contributed by atoms with E-state index in [0.29, 0.717) is 0 Å². The van der Waals surface area contributed by atoms with Crippen molar-refractivity contribution < 1.29 is 19.6 Å². The molecule has 0 aliphatic carbocycles. The molecule has 4 nitrogen and oxygen atoms in total. The summed E-state index contributed by atoms with van der Waals surface area (Å²) in [6.45, 7) is 5.20. The smallest absolute Gasteiger partial charge is 0.269 e. The van der Waals surface area contributed by atoms with Crippen molar-refractivity contribution in [3.05, 3.63) is 12.7 Å². The van der Waals surface area contributed by atoms with Gasteiger partial charge in [0.2, 0.25) is 0 Å². The van der Waals surface area contributed by atoms with Crippen LogP contribution < -0.4 is 0 Å². The molecule has 0 aliphatic heterocycles. The Hall–Kier alpha value is -0.870. The van der Waals surface area contributed by atoms with Gasteiger partial charge in [-0.05, 0) is 5.04 Å². The summed E-state index contributed by atoms with van der Waals surface area (Å²) in [5, 5.41) is 4.01. The molecule has 0 fully saturated rings. The van der Waals surface area contributed by atoms with Crippen LogP contribution in [-0.4, -0.2) is 12.6 Å². The summed E-state index contributed by atoms with van der Waals surface area (Å²) in [6, 6.07) is 0. The first kappa shape index (κ1) is 9.13. The molecule has 0 bridgehead atoms. The Bertz CT molecular complexity index is 110. The molecule has 0 heterocycles. The molecule has 0 aliphatic rings. The number of carbonyl (C=O) groups excluding carboxylic acids is 1. The number of hydrogen-bond donors (Lipinski definition) is 0. The summed E-state index contributed by atoms with van der Waals surface area (Å²) in [4.78, 5) is 18.7. The minimum atomic E-state index is -0.468. The van der Waals surface area contributed by atoms with Crippen LogP contribution in [0.3, 0.4) is 0 Å². The molecule has 0 aromatic rings. The molecular formula is C6H10O4. The van der Waals surface area contributed by atoms with Crippen LogP contribution in [0.2, 0.25) is 0 Å². The summed E-state index contributed by atoms with van der Waals surface area (Å²) in [6.07, 6.45) is 1.73. The Morgan fingerprint density at radius 1 is 1.70 bits per heavy atom. The number of rotatable bonds is 5. The Morgan fingerprint density at radius 2 is 2.40 bits per heavy atom. The van der Waals surface area contributed by atoms with Gasteiger partial charge in [-0.15, -0.1) is 6.58 Å². The fourth-order valence-electron chi connectivity index (χ4n) is 0.197. The standard InChI is InChI=1S/C6H10O4/c1-3-5-8-10-9-6(7)4-2/h3H,1,4-5H2,2H3. The van der Waals surface area contributed by atoms with Crippen LogP contribution in [0.4, 0.5) is 0 Å². The van der Waals surface area contributed by atoms with Gasteiger partial charge < -0.3 is 0 Å². The monoisotopic (exact) mass is 146 g/mol. The predicted octanol–water partition coefficient (Wildman–Crippen LogP) is 0.989. The summed E-state index contributed by atoms with van der Waals surface area (Å²) < 4.78 is 0. The maximum absolute atomic E-state index is 10.3. The van der Waals surface area contributed by atoms with Crippen LogP contribution in [0.15, 0.2) is 12.7 Å². The lowest BCUT2D eigenvalue weighted by atomic mass is 10.5. The topological polar surface area (TPSA) is 44.8 Å². The molecule has 0 saturated carbocycles. The zero-order valence-electron chi connectivity index (χ0n) is 5.83. The van der Waals surface area contributed by atoms with Crippen molar-refractivity contribution in [1.82, 2.24) is 0 Å². The molecule has 0 N–H and O–H groups in total. The van der Waals surface area contributed by atoms with Gasteiger partial charge in [0.05, 0.1) is 0 Å². The Balaban J connectivity index is 3.03. The zero-order chi connectivity index (χ0) is 7.82. The minimum Gasteiger partial charge on any atom is -0.269 e. The van der Waals surface area contributed by atoms with Crippen LogP contribution in [0.5, 0.6) is 0 Å². The van der Waals surface area contributed by atoms with Crippen molar-refractivity contribution >= 4 is 5.97 Å². The van der Waals surface area contributed by atoms with Crippen molar-refractivity contribution in [2.45, 2.75) is 13.3 Å². The van der Waals surface area contributed by atoms with E-state index in [1.165, 1.54) is 6.08 Å². The fourth-order valence-corrected chi connectivity index (χ4v) is 0.197. The molecule has 0 spiro atoms. The molecule has 10 heavy (non-hydrogen) atoms. The Kier molecular flexibility index (Phi) is 5.71. The van der Waals surface area contributed by atoms with E-state index in [-0.39, 0.29) is 13.0 Å². The minimum absolute atomic E-state index is 0.191. The molecule has 0 unspecified atom stereocenters. The molecule has 0 amide bonds. The summed E-state index contributed by atoms with van der Waals surface area (Å²) >= 11 is 0. The largest absolute Gasteiger partial charge is 0.345 e. The second-order valence-corrected chi connectivity index (χ2v) is 1.45. The average Bonchev–Trinajstić information content (AvgIpc) is 1.98. The lowest BCUT2D eigenvalue weighted by molar-refractivity contribution is -0.482. The van der Waals surface area contributed by atoms with Crippen molar-refractivity contribution in [2.75, 3.05) is 6.61 Å². The third-order valence-electron chi connectivity index (χ3n) is 0.650. The highest BCUT2D eigenvalue weighted by Gasteiger charge is 1.97. The molecule has 4 heteroatoms. The molecule has 58 valence electrons. The quantitative estimate of drug-likeness (QED) is 0.251. The van der Waals surface area contributed by atoms with Crippen molar-refractivity contribution in [1.29, 1.82) is 0 Å². The van der Waals surface area contributed by atoms with Crippen molar-refractivity contribution in [3.8, 4) is 0 Å². The Morgan fingerprint density at radius 3 is 2.90 bits per heavy atom. The van der Waals surface area contributed by atoms with E-state index < -0.39 is 5.97 Å². The normalized spacial score (nSPS) is 8.90. The molecule has 0 saturated heterocycles. The van der Waals surface area contributed by atoms with Gasteiger partial charge in [-0.3, -0.25) is 4.89 Å². The van der Waals surface area contributed by atoms with Gasteiger partial charge in [0, 0.05) is 6.42 Å². The molecule has 0 rings (SSSR count). The third kappa shape index (κ3) is 5.27. The first-order chi connectivity index (χ1) is 4.81. The van der Waals surface area contributed by atoms with Crippen LogP contribution in [0.1, 0.15) is 13.3 Å². The summed E-state index contributed by atoms with van der Waals surface area (Å²) in [7, 11) is 0. The fraction of sp³-hybridized carbons (Fsp3) is 0.500. The average molecular weight is 146 g/mol. The molecule has 0 aromatic carbocycles. The van der Waals surface area contributed by atoms with Gasteiger partial charge in [-0.1, -0.05) is 13.0 Å². The van der Waals surface area contributed by atoms with Crippen LogP contribution in [-0.2, 0) is 19.6 Å². The van der Waals surface area contributed by atoms with Crippen LogP contribution >= 0.6 is 0 Å². The Labute approximate surface area is 59.2 Å². The maximum atomic E-state index is 10.3. The first-order valence-electron chi connectivity index (χ1n) is 2.91. The van der Waals surface area contributed by atoms with Gasteiger partial charge in [0.15, 0.2) is 0 Å². The lowest BCUT2D eigenvalue weighted by Gasteiger charge is -1.97. The van der Waals surface area contributed by atoms with E-state index in [1.54, 1.807) is 6.92 Å². The van der Waals surface area contributed by atoms with E-state index in [9.17, 15) is 4.79 Å². The SMILES string of the molecule is C=CCOOOC(=O)CC. The van der Waals surface area contributed by atoms with Gasteiger partial charge in [-0.2, -0.15) is 4.89 Å². The third-order valence-corrected chi connectivity index (χ3v) is 0.650. The molecule has 0 aromatic heterocycles. The molecular weight excluding hydrogens is 136 g/mol. The number of carbonyl (C=O) groups is 1. The van der Waals surface area contributed by atoms with Gasteiger partial charge in [-0.25, -0.2) is 4.79 Å². The highest BCUT2D eigenvalue weighted by Crippen LogP contribution is 1.86. The second kappa shape index (κ2) is 6.25. The summed E-state index contributed by atoms with van der Waals surface area (Å²) in [5.41, 5.74) is 0. The highest BCUT2D eigenvalue weighted by atomic mass is 17.5. The maximum Gasteiger partial charge on any atom is 0.345 e. The van der Waals surface area contributed by atoms with Crippen molar-refractivity contribution in [2.24, 2.45) is 0 Å². The van der Waals surface area contributed by atoms with E-state index in [1.807, 2.05) is 0 Å². The van der Waals surface area contributed by atoms with Crippen molar-refractivity contribution in [3.63, 3.8) is 0 Å². The second-order valence-electron chi connectivity index (χ2n) is 1.45. The highest BCUT2D eigenvalue weighted by molar-refractivity contribution is 5.68. The van der Waals surface area contributed by atoms with Gasteiger partial charge >= 0.3 is 5.97 Å². The van der Waals surface area contributed by atoms with E-state index in [2.05, 4.69) is 21.4 Å². The zero-order valence-corrected chi connectivity index (χ0v) is 5.83. The molecule has 0 radical (unpaired) electrons. The van der Waals surface area contributed by atoms with E-state index in [4.69, 9.17) is 0 Å². The van der Waals surface area contributed by atoms with Crippen LogP contribution in [0, 0.1) is 0 Å². The van der Waals surface area contributed by atoms with E-state index in [0.717, 1.165) is 0 Å². The van der Waals surface area contributed by atoms with E-state index >= 15 is 0 Å².